The molecule has 100 valence electrons. The molecule has 0 spiro atoms. The first-order valence-corrected chi connectivity index (χ1v) is 6.60. The van der Waals surface area contributed by atoms with Gasteiger partial charge in [0.2, 0.25) is 0 Å². The van der Waals surface area contributed by atoms with Gasteiger partial charge in [-0.1, -0.05) is 46.0 Å². The minimum absolute atomic E-state index is 0.282. The molecule has 0 fully saturated rings. The van der Waals surface area contributed by atoms with Crippen molar-refractivity contribution in [2.75, 3.05) is 0 Å². The minimum atomic E-state index is -0.483. The van der Waals surface area contributed by atoms with Crippen molar-refractivity contribution in [3.8, 4) is 0 Å². The molecule has 4 heteroatoms. The monoisotopic (exact) mass is 244 g/mol. The molecule has 0 unspecified atom stereocenters. The van der Waals surface area contributed by atoms with Gasteiger partial charge >= 0.3 is 11.9 Å². The molecule has 0 amide bonds. The van der Waals surface area contributed by atoms with Gasteiger partial charge in [-0.15, -0.1) is 0 Å². The van der Waals surface area contributed by atoms with E-state index in [1.807, 2.05) is 6.92 Å². The van der Waals surface area contributed by atoms with Crippen LogP contribution in [-0.2, 0) is 19.4 Å². The quantitative estimate of drug-likeness (QED) is 0.353. The molecular weight excluding hydrogens is 220 g/mol. The number of carbonyl (C=O) groups is 2. The average Bonchev–Trinajstić information content (AvgIpc) is 2.31. The average molecular weight is 244 g/mol. The Morgan fingerprint density at radius 3 is 1.82 bits per heavy atom. The Labute approximate surface area is 104 Å². The molecule has 0 atom stereocenters. The van der Waals surface area contributed by atoms with Crippen LogP contribution in [0.5, 0.6) is 0 Å². The molecule has 0 aromatic carbocycles. The van der Waals surface area contributed by atoms with E-state index in [0.717, 1.165) is 19.3 Å². The maximum absolute atomic E-state index is 11.1. The van der Waals surface area contributed by atoms with Gasteiger partial charge in [0.25, 0.3) is 0 Å². The molecule has 0 aliphatic carbocycles. The van der Waals surface area contributed by atoms with Crippen LogP contribution in [0.15, 0.2) is 0 Å². The van der Waals surface area contributed by atoms with Crippen molar-refractivity contribution in [3.63, 3.8) is 0 Å². The summed E-state index contributed by atoms with van der Waals surface area (Å²) in [5, 5.41) is 0. The van der Waals surface area contributed by atoms with E-state index >= 15 is 0 Å². The summed E-state index contributed by atoms with van der Waals surface area (Å²) in [5.41, 5.74) is 0. The lowest BCUT2D eigenvalue weighted by molar-refractivity contribution is -0.259. The van der Waals surface area contributed by atoms with Crippen LogP contribution in [0.4, 0.5) is 0 Å². The van der Waals surface area contributed by atoms with Crippen molar-refractivity contribution in [1.82, 2.24) is 0 Å². The molecule has 0 aliphatic rings. The zero-order chi connectivity index (χ0) is 12.9. The lowest BCUT2D eigenvalue weighted by atomic mass is 10.1. The highest BCUT2D eigenvalue weighted by Crippen LogP contribution is 2.07. The summed E-state index contributed by atoms with van der Waals surface area (Å²) in [6, 6.07) is 0. The summed E-state index contributed by atoms with van der Waals surface area (Å²) >= 11 is 0. The summed E-state index contributed by atoms with van der Waals surface area (Å²) in [5.74, 6) is -0.936. The predicted octanol–water partition coefficient (Wildman–Crippen LogP) is 3.54. The molecule has 0 heterocycles. The number of carbonyl (C=O) groups excluding carboxylic acids is 2. The van der Waals surface area contributed by atoms with Crippen LogP contribution in [-0.4, -0.2) is 11.9 Å². The predicted molar refractivity (Wildman–Crippen MR) is 65.1 cm³/mol. The van der Waals surface area contributed by atoms with Gasteiger partial charge in [0.15, 0.2) is 0 Å². The highest BCUT2D eigenvalue weighted by molar-refractivity contribution is 5.72. The standard InChI is InChI=1S/C13H24O4/c1-3-5-6-7-8-9-11-13(15)17-16-12(14)10-4-2/h3-11H2,1-2H3. The largest absolute Gasteiger partial charge is 0.355 e. The summed E-state index contributed by atoms with van der Waals surface area (Å²) < 4.78 is 0. The van der Waals surface area contributed by atoms with Crippen molar-refractivity contribution in [3.05, 3.63) is 0 Å². The molecule has 0 rings (SSSR count). The lowest BCUT2D eigenvalue weighted by Gasteiger charge is -2.02. The first kappa shape index (κ1) is 15.9. The van der Waals surface area contributed by atoms with Gasteiger partial charge in [0.1, 0.15) is 0 Å². The van der Waals surface area contributed by atoms with Crippen LogP contribution in [0.25, 0.3) is 0 Å². The second-order valence-electron chi connectivity index (χ2n) is 4.18. The van der Waals surface area contributed by atoms with Crippen LogP contribution in [0.1, 0.15) is 71.6 Å². The molecule has 0 aliphatic heterocycles. The third-order valence-electron chi connectivity index (χ3n) is 2.42. The highest BCUT2D eigenvalue weighted by atomic mass is 17.2. The smallest absolute Gasteiger partial charge is 0.247 e. The molecule has 0 aromatic rings. The van der Waals surface area contributed by atoms with E-state index in [-0.39, 0.29) is 6.42 Å². The normalized spacial score (nSPS) is 10.0. The fourth-order valence-corrected chi connectivity index (χ4v) is 1.43. The Bertz CT molecular complexity index is 213. The van der Waals surface area contributed by atoms with Gasteiger partial charge in [-0.25, -0.2) is 19.4 Å². The second-order valence-corrected chi connectivity index (χ2v) is 4.18. The zero-order valence-corrected chi connectivity index (χ0v) is 11.0. The van der Waals surface area contributed by atoms with Crippen molar-refractivity contribution < 1.29 is 19.4 Å². The van der Waals surface area contributed by atoms with Crippen molar-refractivity contribution >= 4 is 11.9 Å². The van der Waals surface area contributed by atoms with E-state index in [1.54, 1.807) is 0 Å². The van der Waals surface area contributed by atoms with Crippen LogP contribution in [0.2, 0.25) is 0 Å². The van der Waals surface area contributed by atoms with Crippen molar-refractivity contribution in [2.24, 2.45) is 0 Å². The number of hydrogen-bond acceptors (Lipinski definition) is 4. The molecule has 0 saturated carbocycles. The second kappa shape index (κ2) is 11.4. The van der Waals surface area contributed by atoms with Gasteiger partial charge in [0.05, 0.1) is 6.42 Å². The van der Waals surface area contributed by atoms with Gasteiger partial charge in [-0.2, -0.15) is 0 Å². The highest BCUT2D eigenvalue weighted by Gasteiger charge is 2.08. The Hall–Kier alpha value is -1.06. The van der Waals surface area contributed by atoms with Gasteiger partial charge < -0.3 is 0 Å². The van der Waals surface area contributed by atoms with Crippen LogP contribution >= 0.6 is 0 Å². The lowest BCUT2D eigenvalue weighted by Crippen LogP contribution is -2.10. The van der Waals surface area contributed by atoms with E-state index in [1.165, 1.54) is 19.3 Å². The van der Waals surface area contributed by atoms with Crippen molar-refractivity contribution in [1.29, 1.82) is 0 Å². The fraction of sp³-hybridized carbons (Fsp3) is 0.846. The van der Waals surface area contributed by atoms with E-state index in [9.17, 15) is 9.59 Å². The first-order chi connectivity index (χ1) is 8.20. The molecule has 0 N–H and O–H groups in total. The number of unbranched alkanes of at least 4 members (excludes halogenated alkanes) is 5. The SMILES string of the molecule is CCCCCCCCC(=O)OOC(=O)CCC. The van der Waals surface area contributed by atoms with Crippen LogP contribution in [0.3, 0.4) is 0 Å². The van der Waals surface area contributed by atoms with E-state index in [4.69, 9.17) is 0 Å². The summed E-state index contributed by atoms with van der Waals surface area (Å²) in [7, 11) is 0. The molecule has 0 bridgehead atoms. The van der Waals surface area contributed by atoms with Gasteiger partial charge in [-0.05, 0) is 12.8 Å². The molecule has 4 nitrogen and oxygen atoms in total. The molecule has 17 heavy (non-hydrogen) atoms. The number of hydrogen-bond donors (Lipinski definition) is 0. The maximum atomic E-state index is 11.1. The topological polar surface area (TPSA) is 52.6 Å². The zero-order valence-electron chi connectivity index (χ0n) is 11.0. The molecule has 0 saturated heterocycles. The fourth-order valence-electron chi connectivity index (χ4n) is 1.43. The Kier molecular flexibility index (Phi) is 10.7. The maximum Gasteiger partial charge on any atom is 0.355 e. The summed E-state index contributed by atoms with van der Waals surface area (Å²) in [6.45, 7) is 4.03. The molecular formula is C13H24O4. The van der Waals surface area contributed by atoms with E-state index < -0.39 is 11.9 Å². The third kappa shape index (κ3) is 11.2. The molecule has 0 radical (unpaired) electrons. The first-order valence-electron chi connectivity index (χ1n) is 6.60. The van der Waals surface area contributed by atoms with E-state index in [0.29, 0.717) is 12.8 Å². The van der Waals surface area contributed by atoms with Crippen molar-refractivity contribution in [2.45, 2.75) is 71.6 Å². The van der Waals surface area contributed by atoms with Gasteiger partial charge in [-0.3, -0.25) is 0 Å². The Morgan fingerprint density at radius 1 is 0.706 bits per heavy atom. The summed E-state index contributed by atoms with van der Waals surface area (Å²) in [6.07, 6.45) is 7.96. The Balaban J connectivity index is 3.31. The van der Waals surface area contributed by atoms with Gasteiger partial charge in [0, 0.05) is 6.42 Å². The number of rotatable bonds is 9. The molecule has 0 aromatic heterocycles. The Morgan fingerprint density at radius 2 is 1.24 bits per heavy atom. The van der Waals surface area contributed by atoms with Crippen LogP contribution in [0, 0.1) is 0 Å². The summed E-state index contributed by atoms with van der Waals surface area (Å²) in [4.78, 5) is 30.8. The minimum Gasteiger partial charge on any atom is -0.247 e. The third-order valence-corrected chi connectivity index (χ3v) is 2.42. The van der Waals surface area contributed by atoms with Crippen LogP contribution < -0.4 is 0 Å². The van der Waals surface area contributed by atoms with E-state index in [2.05, 4.69) is 16.7 Å².